The summed E-state index contributed by atoms with van der Waals surface area (Å²) >= 11 is 0. The van der Waals surface area contributed by atoms with Crippen LogP contribution in [0.5, 0.6) is 5.75 Å². The van der Waals surface area contributed by atoms with Crippen LogP contribution in [-0.4, -0.2) is 35.3 Å². The number of nitrogens with zero attached hydrogens (tertiary/aromatic N) is 2. The fraction of sp³-hybridized carbons (Fsp3) is 0.214. The highest BCUT2D eigenvalue weighted by atomic mass is 16.5. The van der Waals surface area contributed by atoms with Gasteiger partial charge in [0.15, 0.2) is 6.10 Å². The van der Waals surface area contributed by atoms with Crippen molar-refractivity contribution in [1.82, 2.24) is 5.16 Å². The molecular formula is C14H12N2O5. The number of fused-ring (bicyclic) bond motifs is 1. The lowest BCUT2D eigenvalue weighted by atomic mass is 10.1. The number of aromatic carboxylic acids is 1. The van der Waals surface area contributed by atoms with Crippen LogP contribution in [0, 0.1) is 0 Å². The van der Waals surface area contributed by atoms with Gasteiger partial charge in [0.05, 0.1) is 5.69 Å². The minimum atomic E-state index is -1.18. The van der Waals surface area contributed by atoms with Crippen molar-refractivity contribution in [3.8, 4) is 17.0 Å². The number of hydrogen-bond donors (Lipinski definition) is 1. The number of benzene rings is 1. The summed E-state index contributed by atoms with van der Waals surface area (Å²) in [7, 11) is 1.66. The molecular weight excluding hydrogens is 276 g/mol. The van der Waals surface area contributed by atoms with Crippen LogP contribution in [0.2, 0.25) is 0 Å². The number of amides is 1. The van der Waals surface area contributed by atoms with E-state index in [4.69, 9.17) is 14.4 Å². The fourth-order valence-electron chi connectivity index (χ4n) is 2.18. The van der Waals surface area contributed by atoms with Crippen molar-refractivity contribution < 1.29 is 24.0 Å². The van der Waals surface area contributed by atoms with E-state index in [-0.39, 0.29) is 11.7 Å². The van der Waals surface area contributed by atoms with E-state index < -0.39 is 12.1 Å². The van der Waals surface area contributed by atoms with Crippen molar-refractivity contribution in [1.29, 1.82) is 0 Å². The lowest BCUT2D eigenvalue weighted by molar-refractivity contribution is -0.125. The van der Waals surface area contributed by atoms with Gasteiger partial charge in [0.2, 0.25) is 5.76 Å². The summed E-state index contributed by atoms with van der Waals surface area (Å²) in [6, 6.07) is 6.50. The summed E-state index contributed by atoms with van der Waals surface area (Å²) in [5.74, 6) is -0.977. The van der Waals surface area contributed by atoms with Gasteiger partial charge >= 0.3 is 5.97 Å². The van der Waals surface area contributed by atoms with Crippen molar-refractivity contribution in [2.45, 2.75) is 13.0 Å². The molecule has 0 fully saturated rings. The standard InChI is InChI=1S/C14H12N2O5/c1-7-13(17)16(2)10-5-8(3-4-11(10)20-7)9-6-12(14(18)19)21-15-9/h3-7H,1-2H3,(H,18,19). The molecule has 1 unspecified atom stereocenters. The first kappa shape index (κ1) is 13.2. The summed E-state index contributed by atoms with van der Waals surface area (Å²) in [6.45, 7) is 1.69. The highest BCUT2D eigenvalue weighted by Gasteiger charge is 2.29. The van der Waals surface area contributed by atoms with Gasteiger partial charge in [0.1, 0.15) is 11.4 Å². The van der Waals surface area contributed by atoms with Crippen LogP contribution in [0.1, 0.15) is 17.5 Å². The van der Waals surface area contributed by atoms with Gasteiger partial charge in [0.25, 0.3) is 5.91 Å². The Balaban J connectivity index is 2.03. The van der Waals surface area contributed by atoms with E-state index in [0.29, 0.717) is 22.7 Å². The highest BCUT2D eigenvalue weighted by molar-refractivity contribution is 6.00. The van der Waals surface area contributed by atoms with Crippen molar-refractivity contribution in [2.75, 3.05) is 11.9 Å². The average molecular weight is 288 g/mol. The second-order valence-electron chi connectivity index (χ2n) is 4.72. The zero-order chi connectivity index (χ0) is 15.1. The first-order chi connectivity index (χ1) is 9.97. The molecule has 0 saturated heterocycles. The van der Waals surface area contributed by atoms with Crippen LogP contribution in [0.3, 0.4) is 0 Å². The second kappa shape index (κ2) is 4.62. The molecule has 108 valence electrons. The summed E-state index contributed by atoms with van der Waals surface area (Å²) in [4.78, 5) is 24.2. The monoisotopic (exact) mass is 288 g/mol. The van der Waals surface area contributed by atoms with Crippen LogP contribution in [0.25, 0.3) is 11.3 Å². The highest BCUT2D eigenvalue weighted by Crippen LogP contribution is 2.36. The molecule has 7 nitrogen and oxygen atoms in total. The number of hydrogen-bond acceptors (Lipinski definition) is 5. The summed E-state index contributed by atoms with van der Waals surface area (Å²) < 4.78 is 10.2. The topological polar surface area (TPSA) is 92.9 Å². The number of ether oxygens (including phenoxy) is 1. The molecule has 1 aromatic heterocycles. The zero-order valence-corrected chi connectivity index (χ0v) is 11.4. The molecule has 0 bridgehead atoms. The van der Waals surface area contributed by atoms with Gasteiger partial charge in [-0.3, -0.25) is 4.79 Å². The Morgan fingerprint density at radius 3 is 2.81 bits per heavy atom. The lowest BCUT2D eigenvalue weighted by Gasteiger charge is -2.30. The third kappa shape index (κ3) is 2.12. The smallest absolute Gasteiger partial charge is 0.374 e. The maximum atomic E-state index is 11.9. The third-order valence-corrected chi connectivity index (χ3v) is 3.32. The lowest BCUT2D eigenvalue weighted by Crippen LogP contribution is -2.41. The number of carboxylic acid groups (broad SMARTS) is 1. The van der Waals surface area contributed by atoms with Gasteiger partial charge in [-0.1, -0.05) is 5.16 Å². The fourth-order valence-corrected chi connectivity index (χ4v) is 2.18. The minimum absolute atomic E-state index is 0.147. The van der Waals surface area contributed by atoms with Gasteiger partial charge in [-0.05, 0) is 25.1 Å². The Kier molecular flexibility index (Phi) is 2.90. The van der Waals surface area contributed by atoms with Crippen LogP contribution >= 0.6 is 0 Å². The van der Waals surface area contributed by atoms with Gasteiger partial charge in [-0.25, -0.2) is 4.79 Å². The molecule has 1 aliphatic heterocycles. The van der Waals surface area contributed by atoms with Crippen LogP contribution < -0.4 is 9.64 Å². The van der Waals surface area contributed by atoms with E-state index in [2.05, 4.69) is 5.16 Å². The molecule has 0 radical (unpaired) electrons. The molecule has 1 aliphatic rings. The van der Waals surface area contributed by atoms with E-state index >= 15 is 0 Å². The van der Waals surface area contributed by atoms with E-state index in [9.17, 15) is 9.59 Å². The zero-order valence-electron chi connectivity index (χ0n) is 11.4. The number of anilines is 1. The van der Waals surface area contributed by atoms with E-state index in [1.807, 2.05) is 0 Å². The molecule has 2 aromatic rings. The Labute approximate surface area is 119 Å². The van der Waals surface area contributed by atoms with E-state index in [1.54, 1.807) is 32.2 Å². The van der Waals surface area contributed by atoms with E-state index in [0.717, 1.165) is 0 Å². The van der Waals surface area contributed by atoms with E-state index in [1.165, 1.54) is 11.0 Å². The molecule has 1 atom stereocenters. The SMILES string of the molecule is CC1Oc2ccc(-c3cc(C(=O)O)on3)cc2N(C)C1=O. The number of rotatable bonds is 2. The van der Waals surface area contributed by atoms with Gasteiger partial charge < -0.3 is 19.3 Å². The van der Waals surface area contributed by atoms with Crippen LogP contribution in [0.15, 0.2) is 28.8 Å². The molecule has 1 amide bonds. The quantitative estimate of drug-likeness (QED) is 0.905. The molecule has 7 heteroatoms. The Bertz CT molecular complexity index is 737. The second-order valence-corrected chi connectivity index (χ2v) is 4.72. The van der Waals surface area contributed by atoms with Crippen molar-refractivity contribution in [3.63, 3.8) is 0 Å². The molecule has 1 aromatic carbocycles. The molecule has 21 heavy (non-hydrogen) atoms. The van der Waals surface area contributed by atoms with Gasteiger partial charge in [-0.15, -0.1) is 0 Å². The number of carboxylic acids is 1. The summed E-state index contributed by atoms with van der Waals surface area (Å²) in [5.41, 5.74) is 1.63. The Hall–Kier alpha value is -2.83. The summed E-state index contributed by atoms with van der Waals surface area (Å²) in [5, 5.41) is 12.6. The normalized spacial score (nSPS) is 17.3. The molecule has 0 saturated carbocycles. The first-order valence-electron chi connectivity index (χ1n) is 6.26. The maximum absolute atomic E-state index is 11.9. The Morgan fingerprint density at radius 2 is 2.14 bits per heavy atom. The molecule has 0 aliphatic carbocycles. The third-order valence-electron chi connectivity index (χ3n) is 3.32. The number of carbonyl (C=O) groups is 2. The minimum Gasteiger partial charge on any atom is -0.479 e. The first-order valence-corrected chi connectivity index (χ1v) is 6.26. The maximum Gasteiger partial charge on any atom is 0.374 e. The average Bonchev–Trinajstić information content (AvgIpc) is 2.95. The number of carbonyl (C=O) groups excluding carboxylic acids is 1. The van der Waals surface area contributed by atoms with Crippen molar-refractivity contribution in [2.24, 2.45) is 0 Å². The Morgan fingerprint density at radius 1 is 1.38 bits per heavy atom. The van der Waals surface area contributed by atoms with Crippen molar-refractivity contribution >= 4 is 17.6 Å². The predicted octanol–water partition coefficient (Wildman–Crippen LogP) is 1.78. The molecule has 3 rings (SSSR count). The molecule has 2 heterocycles. The van der Waals surface area contributed by atoms with Crippen LogP contribution in [-0.2, 0) is 4.79 Å². The summed E-state index contributed by atoms with van der Waals surface area (Å²) in [6.07, 6.45) is -0.529. The number of aromatic nitrogens is 1. The largest absolute Gasteiger partial charge is 0.479 e. The molecule has 0 spiro atoms. The molecule has 1 N–H and O–H groups in total. The number of likely N-dealkylation sites (N-methyl/N-ethyl adjacent to an activating group) is 1. The van der Waals surface area contributed by atoms with Crippen LogP contribution in [0.4, 0.5) is 5.69 Å². The van der Waals surface area contributed by atoms with Crippen molar-refractivity contribution in [3.05, 3.63) is 30.0 Å². The predicted molar refractivity (Wildman–Crippen MR) is 72.4 cm³/mol. The van der Waals surface area contributed by atoms with Gasteiger partial charge in [-0.2, -0.15) is 0 Å². The van der Waals surface area contributed by atoms with Gasteiger partial charge in [0, 0.05) is 18.7 Å².